The van der Waals surface area contributed by atoms with Crippen LogP contribution in [0, 0.1) is 12.7 Å². The highest BCUT2D eigenvalue weighted by atomic mass is 19.1. The minimum absolute atomic E-state index is 0.144. The number of benzene rings is 2. The Bertz CT molecular complexity index is 1550. The molecule has 1 aliphatic heterocycles. The first kappa shape index (κ1) is 19.7. The molecule has 1 amide bonds. The van der Waals surface area contributed by atoms with E-state index in [-0.39, 0.29) is 17.7 Å². The van der Waals surface area contributed by atoms with E-state index in [4.69, 9.17) is 4.52 Å². The van der Waals surface area contributed by atoms with Crippen LogP contribution in [0.4, 0.5) is 4.39 Å². The summed E-state index contributed by atoms with van der Waals surface area (Å²) in [5.41, 5.74) is 5.27. The molecule has 164 valence electrons. The number of para-hydroxylation sites is 1. The number of halogens is 1. The van der Waals surface area contributed by atoms with E-state index in [1.807, 2.05) is 24.0 Å². The zero-order chi connectivity index (χ0) is 22.7. The van der Waals surface area contributed by atoms with Crippen LogP contribution in [0.25, 0.3) is 33.3 Å². The fourth-order valence-corrected chi connectivity index (χ4v) is 4.93. The average Bonchev–Trinajstić information content (AvgIpc) is 3.40. The summed E-state index contributed by atoms with van der Waals surface area (Å²) in [5.74, 6) is -0.559. The molecule has 6 nitrogen and oxygen atoms in total. The Hall–Kier alpha value is -4.00. The molecule has 0 aliphatic carbocycles. The standard InChI is InChI=1S/C26H21FN4O2/c1-14-23-19(13-22(29-25(23)33-30-14)18-8-3-5-9-20(18)27)26(32)31-12-11-17-16-7-4-6-10-21(16)28-24(17)15(31)2/h3-10,13,15,28H,11-12H2,1-2H3/t15-/m1/s1. The summed E-state index contributed by atoms with van der Waals surface area (Å²) in [7, 11) is 0. The lowest BCUT2D eigenvalue weighted by Crippen LogP contribution is -2.39. The van der Waals surface area contributed by atoms with Gasteiger partial charge in [-0.25, -0.2) is 9.37 Å². The van der Waals surface area contributed by atoms with Crippen molar-refractivity contribution in [1.29, 1.82) is 0 Å². The van der Waals surface area contributed by atoms with Crippen LogP contribution in [0.1, 0.15) is 40.3 Å². The number of amides is 1. The van der Waals surface area contributed by atoms with Crippen molar-refractivity contribution in [1.82, 2.24) is 20.0 Å². The van der Waals surface area contributed by atoms with E-state index in [1.165, 1.54) is 17.0 Å². The second kappa shape index (κ2) is 7.27. The lowest BCUT2D eigenvalue weighted by Gasteiger charge is -2.34. The number of nitrogens with zero attached hydrogens (tertiary/aromatic N) is 3. The van der Waals surface area contributed by atoms with Gasteiger partial charge in [-0.2, -0.15) is 0 Å². The number of aryl methyl sites for hydroxylation is 1. The zero-order valence-electron chi connectivity index (χ0n) is 18.2. The van der Waals surface area contributed by atoms with Gasteiger partial charge in [-0.15, -0.1) is 0 Å². The Morgan fingerprint density at radius 1 is 1.18 bits per heavy atom. The smallest absolute Gasteiger partial charge is 0.259 e. The summed E-state index contributed by atoms with van der Waals surface area (Å²) >= 11 is 0. The predicted molar refractivity (Wildman–Crippen MR) is 123 cm³/mol. The van der Waals surface area contributed by atoms with Crippen LogP contribution in [-0.2, 0) is 6.42 Å². The Morgan fingerprint density at radius 3 is 2.82 bits per heavy atom. The van der Waals surface area contributed by atoms with E-state index < -0.39 is 5.82 Å². The van der Waals surface area contributed by atoms with Crippen molar-refractivity contribution in [2.45, 2.75) is 26.3 Å². The molecule has 0 saturated carbocycles. The molecule has 1 atom stereocenters. The summed E-state index contributed by atoms with van der Waals surface area (Å²) in [6.45, 7) is 4.39. The molecule has 1 aliphatic rings. The monoisotopic (exact) mass is 440 g/mol. The summed E-state index contributed by atoms with van der Waals surface area (Å²) in [6.07, 6.45) is 0.756. The van der Waals surface area contributed by atoms with Gasteiger partial charge in [0, 0.05) is 28.7 Å². The van der Waals surface area contributed by atoms with Gasteiger partial charge in [-0.05, 0) is 50.1 Å². The SMILES string of the molecule is Cc1noc2nc(-c3ccccc3F)cc(C(=O)N3CCc4c([nH]c5ccccc45)[C@H]3C)c12. The third kappa shape index (κ3) is 2.96. The third-order valence-electron chi connectivity index (χ3n) is 6.59. The molecule has 7 heteroatoms. The summed E-state index contributed by atoms with van der Waals surface area (Å²) < 4.78 is 19.9. The number of hydrogen-bond acceptors (Lipinski definition) is 4. The fourth-order valence-electron chi connectivity index (χ4n) is 4.93. The van der Waals surface area contributed by atoms with Gasteiger partial charge in [-0.3, -0.25) is 4.79 Å². The molecule has 4 heterocycles. The number of fused-ring (bicyclic) bond motifs is 4. The molecule has 0 fully saturated rings. The second-order valence-electron chi connectivity index (χ2n) is 8.47. The van der Waals surface area contributed by atoms with E-state index in [2.05, 4.69) is 27.3 Å². The third-order valence-corrected chi connectivity index (χ3v) is 6.59. The van der Waals surface area contributed by atoms with Crippen LogP contribution in [0.15, 0.2) is 59.1 Å². The topological polar surface area (TPSA) is 75.0 Å². The predicted octanol–water partition coefficient (Wildman–Crippen LogP) is 5.58. The number of nitrogens with one attached hydrogen (secondary N) is 1. The Kier molecular flexibility index (Phi) is 4.33. The van der Waals surface area contributed by atoms with Crippen molar-refractivity contribution in [2.24, 2.45) is 0 Å². The first-order chi connectivity index (χ1) is 16.0. The van der Waals surface area contributed by atoms with E-state index in [0.717, 1.165) is 17.6 Å². The minimum Gasteiger partial charge on any atom is -0.356 e. The summed E-state index contributed by atoms with van der Waals surface area (Å²) in [4.78, 5) is 23.7. The lowest BCUT2D eigenvalue weighted by atomic mass is 9.96. The van der Waals surface area contributed by atoms with Crippen molar-refractivity contribution >= 4 is 27.9 Å². The van der Waals surface area contributed by atoms with Gasteiger partial charge in [0.15, 0.2) is 0 Å². The van der Waals surface area contributed by atoms with Gasteiger partial charge in [-0.1, -0.05) is 35.5 Å². The number of aromatic amines is 1. The largest absolute Gasteiger partial charge is 0.356 e. The molecule has 0 bridgehead atoms. The first-order valence-electron chi connectivity index (χ1n) is 11.0. The number of hydrogen-bond donors (Lipinski definition) is 1. The van der Waals surface area contributed by atoms with Crippen molar-refractivity contribution in [3.8, 4) is 11.3 Å². The zero-order valence-corrected chi connectivity index (χ0v) is 18.2. The molecule has 1 N–H and O–H groups in total. The number of carbonyl (C=O) groups excluding carboxylic acids is 1. The van der Waals surface area contributed by atoms with Gasteiger partial charge in [0.25, 0.3) is 11.6 Å². The van der Waals surface area contributed by atoms with Crippen molar-refractivity contribution in [3.05, 3.63) is 82.9 Å². The van der Waals surface area contributed by atoms with Gasteiger partial charge in [0.2, 0.25) is 0 Å². The molecule has 0 spiro atoms. The molecule has 33 heavy (non-hydrogen) atoms. The number of pyridine rings is 1. The van der Waals surface area contributed by atoms with Crippen LogP contribution < -0.4 is 0 Å². The van der Waals surface area contributed by atoms with Gasteiger partial charge in [0.05, 0.1) is 28.4 Å². The molecule has 3 aromatic heterocycles. The van der Waals surface area contributed by atoms with Crippen LogP contribution in [-0.4, -0.2) is 32.5 Å². The second-order valence-corrected chi connectivity index (χ2v) is 8.47. The van der Waals surface area contributed by atoms with E-state index in [0.29, 0.717) is 34.4 Å². The molecular formula is C26H21FN4O2. The van der Waals surface area contributed by atoms with Crippen molar-refractivity contribution < 1.29 is 13.7 Å². The maximum Gasteiger partial charge on any atom is 0.259 e. The molecule has 0 saturated heterocycles. The molecule has 5 aromatic rings. The molecular weight excluding hydrogens is 419 g/mol. The van der Waals surface area contributed by atoms with Gasteiger partial charge < -0.3 is 14.4 Å². The Morgan fingerprint density at radius 2 is 1.97 bits per heavy atom. The van der Waals surface area contributed by atoms with Crippen LogP contribution in [0.3, 0.4) is 0 Å². The molecule has 0 unspecified atom stereocenters. The normalized spacial score (nSPS) is 15.8. The number of carbonyl (C=O) groups is 1. The molecule has 0 radical (unpaired) electrons. The highest BCUT2D eigenvalue weighted by Crippen LogP contribution is 2.36. The average molecular weight is 440 g/mol. The minimum atomic E-state index is -0.409. The highest BCUT2D eigenvalue weighted by Gasteiger charge is 2.33. The fraction of sp³-hybridized carbons (Fsp3) is 0.192. The lowest BCUT2D eigenvalue weighted by molar-refractivity contribution is 0.0676. The van der Waals surface area contributed by atoms with Crippen molar-refractivity contribution in [3.63, 3.8) is 0 Å². The molecule has 6 rings (SSSR count). The maximum absolute atomic E-state index is 14.5. The van der Waals surface area contributed by atoms with Gasteiger partial charge in [0.1, 0.15) is 5.82 Å². The first-order valence-corrected chi connectivity index (χ1v) is 11.0. The number of H-pyrrole nitrogens is 1. The Balaban J connectivity index is 1.47. The maximum atomic E-state index is 14.5. The summed E-state index contributed by atoms with van der Waals surface area (Å²) in [6, 6.07) is 16.1. The van der Waals surface area contributed by atoms with E-state index in [9.17, 15) is 9.18 Å². The van der Waals surface area contributed by atoms with Crippen LogP contribution in [0.2, 0.25) is 0 Å². The van der Waals surface area contributed by atoms with Gasteiger partial charge >= 0.3 is 0 Å². The van der Waals surface area contributed by atoms with Crippen LogP contribution in [0.5, 0.6) is 0 Å². The quantitative estimate of drug-likeness (QED) is 0.389. The van der Waals surface area contributed by atoms with Crippen LogP contribution >= 0.6 is 0 Å². The van der Waals surface area contributed by atoms with Crippen molar-refractivity contribution in [2.75, 3.05) is 6.54 Å². The number of aromatic nitrogens is 3. The number of rotatable bonds is 2. The summed E-state index contributed by atoms with van der Waals surface area (Å²) in [5, 5.41) is 5.78. The van der Waals surface area contributed by atoms with E-state index in [1.54, 1.807) is 31.2 Å². The Labute approximate surface area is 189 Å². The highest BCUT2D eigenvalue weighted by molar-refractivity contribution is 6.07. The van der Waals surface area contributed by atoms with E-state index >= 15 is 0 Å². The molecule has 2 aromatic carbocycles.